The van der Waals surface area contributed by atoms with Crippen LogP contribution in [0.1, 0.15) is 226 Å². The second-order valence-electron chi connectivity index (χ2n) is 18.7. The van der Waals surface area contributed by atoms with E-state index >= 15 is 0 Å². The summed E-state index contributed by atoms with van der Waals surface area (Å²) in [5, 5.41) is 9.79. The highest BCUT2D eigenvalue weighted by atomic mass is 31.2. The van der Waals surface area contributed by atoms with Gasteiger partial charge in [0.05, 0.1) is 19.8 Å². The van der Waals surface area contributed by atoms with Gasteiger partial charge < -0.3 is 24.2 Å². The molecule has 0 aromatic rings. The Morgan fingerprint density at radius 3 is 1.16 bits per heavy atom. The van der Waals surface area contributed by atoms with Crippen LogP contribution in [0, 0.1) is 0 Å². The van der Waals surface area contributed by atoms with Crippen molar-refractivity contribution in [2.45, 2.75) is 238 Å². The number of allylic oxidation sites excluding steroid dienone is 18. The second kappa shape index (κ2) is 55.4. The smallest absolute Gasteiger partial charge is 0.462 e. The molecule has 3 unspecified atom stereocenters. The molecule has 2 N–H and O–H groups in total. The van der Waals surface area contributed by atoms with E-state index in [4.69, 9.17) is 23.3 Å². The molecule has 0 aliphatic heterocycles. The van der Waals surface area contributed by atoms with E-state index < -0.39 is 57.8 Å². The Hall–Kier alpha value is -3.86. The van der Waals surface area contributed by atoms with Gasteiger partial charge in [0.15, 0.2) is 6.10 Å². The number of unbranched alkanes of at least 4 members (excludes halogenated alkanes) is 17. The molecule has 0 bridgehead atoms. The summed E-state index contributed by atoms with van der Waals surface area (Å²) in [5.74, 6) is -1.59. The molecule has 3 atom stereocenters. The number of aliphatic hydroxyl groups is 1. The third-order valence-corrected chi connectivity index (χ3v) is 12.7. The van der Waals surface area contributed by atoms with E-state index in [0.29, 0.717) is 19.3 Å². The number of aliphatic hydroxyl groups excluding tert-OH is 1. The molecule has 74 heavy (non-hydrogen) atoms. The molecule has 0 aliphatic rings. The van der Waals surface area contributed by atoms with Crippen LogP contribution in [0.3, 0.4) is 0 Å². The highest BCUT2D eigenvalue weighted by Crippen LogP contribution is 2.43. The molecule has 12 heteroatoms. The Morgan fingerprint density at radius 1 is 0.392 bits per heavy atom. The van der Waals surface area contributed by atoms with Crippen molar-refractivity contribution < 1.29 is 52.2 Å². The topological polar surface area (TPSA) is 155 Å². The maximum Gasteiger partial charge on any atom is 0.472 e. The third-order valence-electron chi connectivity index (χ3n) is 11.7. The average molecular weight is 1060 g/mol. The Balaban J connectivity index is 4.85. The molecule has 0 amide bonds. The van der Waals surface area contributed by atoms with Crippen molar-refractivity contribution in [3.05, 3.63) is 109 Å². The molecule has 0 fully saturated rings. The SMILES string of the molecule is CC/C=C\C/C=C\C/C=C\C/C=C\C/C=C\CCCCCC(=O)OC(COC(=O)CCCCCCCCCCCCCCCCC)COP(=O)(O)OCC(CO)OC(=O)CC/C=C\C/C=C\C/C=C\C/C=C\CC. The van der Waals surface area contributed by atoms with Crippen molar-refractivity contribution in [2.24, 2.45) is 0 Å². The maximum absolute atomic E-state index is 12.9. The molecule has 422 valence electrons. The standard InChI is InChI=1S/C62H103O11P/c1-4-7-10-13-16-19-22-25-27-28-29-30-32-35-38-41-44-47-50-53-62(66)73-59(55-69-60(64)51-48-45-42-39-36-34-31-26-23-20-17-14-11-8-5-2)57-71-74(67,68)70-56-58(54-63)72-61(65)52-49-46-43-40-37-33-24-21-18-15-12-9-6-3/h7,9-10,12,16,18-19,21,25,27,29-30,33,35,37-38,43,46,58-59,63H,4-6,8,11,13-15,17,20,22-24,26,28,31-32,34,36,39-42,44-45,47-57H2,1-3H3,(H,67,68)/b10-7-,12-9-,19-16-,21-18-,27-25-,30-29-,37-33-,38-35-,46-43-. The van der Waals surface area contributed by atoms with Crippen LogP contribution in [-0.2, 0) is 42.2 Å². The monoisotopic (exact) mass is 1050 g/mol. The lowest BCUT2D eigenvalue weighted by molar-refractivity contribution is -0.161. The predicted octanol–water partition coefficient (Wildman–Crippen LogP) is 17.0. The number of ether oxygens (including phenoxy) is 3. The summed E-state index contributed by atoms with van der Waals surface area (Å²) in [6.45, 7) is 4.29. The number of hydrogen-bond donors (Lipinski definition) is 2. The van der Waals surface area contributed by atoms with Crippen LogP contribution in [0.5, 0.6) is 0 Å². The van der Waals surface area contributed by atoms with Crippen molar-refractivity contribution in [2.75, 3.05) is 26.4 Å². The number of carbonyl (C=O) groups excluding carboxylic acids is 3. The second-order valence-corrected chi connectivity index (χ2v) is 20.1. The van der Waals surface area contributed by atoms with E-state index in [-0.39, 0.29) is 25.9 Å². The number of phosphoric acid groups is 1. The Kier molecular flexibility index (Phi) is 52.5. The molecule has 0 aliphatic carbocycles. The fourth-order valence-corrected chi connectivity index (χ4v) is 8.18. The van der Waals surface area contributed by atoms with Crippen molar-refractivity contribution in [3.63, 3.8) is 0 Å². The quantitative estimate of drug-likeness (QED) is 0.0197. The number of phosphoric ester groups is 1. The van der Waals surface area contributed by atoms with Crippen LogP contribution in [0.15, 0.2) is 109 Å². The molecule has 0 rings (SSSR count). The summed E-state index contributed by atoms with van der Waals surface area (Å²) in [7, 11) is -4.78. The van der Waals surface area contributed by atoms with Crippen molar-refractivity contribution >= 4 is 25.7 Å². The van der Waals surface area contributed by atoms with Gasteiger partial charge in [-0.1, -0.05) is 226 Å². The summed E-state index contributed by atoms with van der Waals surface area (Å²) >= 11 is 0. The van der Waals surface area contributed by atoms with Crippen LogP contribution in [0.25, 0.3) is 0 Å². The van der Waals surface area contributed by atoms with Gasteiger partial charge in [0.25, 0.3) is 0 Å². The zero-order valence-electron chi connectivity index (χ0n) is 46.5. The highest BCUT2D eigenvalue weighted by Gasteiger charge is 2.28. The summed E-state index contributed by atoms with van der Waals surface area (Å²) in [6, 6.07) is 0. The lowest BCUT2D eigenvalue weighted by Gasteiger charge is -2.21. The molecule has 11 nitrogen and oxygen atoms in total. The third kappa shape index (κ3) is 53.0. The summed E-state index contributed by atoms with van der Waals surface area (Å²) in [4.78, 5) is 48.5. The molecular weight excluding hydrogens is 952 g/mol. The summed E-state index contributed by atoms with van der Waals surface area (Å²) < 4.78 is 39.4. The maximum atomic E-state index is 12.9. The Morgan fingerprint density at radius 2 is 0.730 bits per heavy atom. The highest BCUT2D eigenvalue weighted by molar-refractivity contribution is 7.47. The van der Waals surface area contributed by atoms with Gasteiger partial charge in [-0.3, -0.25) is 23.4 Å². The van der Waals surface area contributed by atoms with E-state index in [9.17, 15) is 28.9 Å². The lowest BCUT2D eigenvalue weighted by Crippen LogP contribution is -2.30. The van der Waals surface area contributed by atoms with Crippen LogP contribution >= 0.6 is 7.82 Å². The fourth-order valence-electron chi connectivity index (χ4n) is 7.40. The average Bonchev–Trinajstić information content (AvgIpc) is 3.39. The Bertz CT molecular complexity index is 1660. The number of carbonyl (C=O) groups is 3. The first kappa shape index (κ1) is 70.1. The first-order valence-corrected chi connectivity index (χ1v) is 30.3. The van der Waals surface area contributed by atoms with Gasteiger partial charge >= 0.3 is 25.7 Å². The predicted molar refractivity (Wildman–Crippen MR) is 307 cm³/mol. The van der Waals surface area contributed by atoms with E-state index in [0.717, 1.165) is 96.3 Å². The molecule has 0 aromatic carbocycles. The van der Waals surface area contributed by atoms with Gasteiger partial charge in [-0.05, 0) is 89.9 Å². The molecule has 0 saturated heterocycles. The van der Waals surface area contributed by atoms with Gasteiger partial charge in [0.2, 0.25) is 0 Å². The Labute approximate surface area is 450 Å². The zero-order valence-corrected chi connectivity index (χ0v) is 47.4. The molecule has 0 saturated carbocycles. The van der Waals surface area contributed by atoms with E-state index in [2.05, 4.69) is 112 Å². The molecule has 0 radical (unpaired) electrons. The van der Waals surface area contributed by atoms with E-state index in [1.165, 1.54) is 70.6 Å². The van der Waals surface area contributed by atoms with Crippen LogP contribution in [0.2, 0.25) is 0 Å². The van der Waals surface area contributed by atoms with Crippen molar-refractivity contribution in [1.29, 1.82) is 0 Å². The van der Waals surface area contributed by atoms with Crippen molar-refractivity contribution in [1.82, 2.24) is 0 Å². The van der Waals surface area contributed by atoms with Crippen LogP contribution in [0.4, 0.5) is 0 Å². The minimum absolute atomic E-state index is 0.0491. The number of rotatable bonds is 52. The van der Waals surface area contributed by atoms with Gasteiger partial charge in [0, 0.05) is 19.3 Å². The summed E-state index contributed by atoms with van der Waals surface area (Å²) in [5.41, 5.74) is 0. The van der Waals surface area contributed by atoms with Gasteiger partial charge in [-0.2, -0.15) is 0 Å². The van der Waals surface area contributed by atoms with Gasteiger partial charge in [0.1, 0.15) is 12.7 Å². The minimum atomic E-state index is -4.78. The number of esters is 3. The van der Waals surface area contributed by atoms with Crippen LogP contribution in [-0.4, -0.2) is 66.5 Å². The van der Waals surface area contributed by atoms with Gasteiger partial charge in [-0.25, -0.2) is 4.57 Å². The molecule has 0 spiro atoms. The lowest BCUT2D eigenvalue weighted by atomic mass is 10.0. The van der Waals surface area contributed by atoms with Crippen molar-refractivity contribution in [3.8, 4) is 0 Å². The molecule has 0 aromatic heterocycles. The zero-order chi connectivity index (χ0) is 54.1. The molecule has 0 heterocycles. The first-order valence-electron chi connectivity index (χ1n) is 28.8. The van der Waals surface area contributed by atoms with E-state index in [1.807, 2.05) is 18.2 Å². The first-order chi connectivity index (χ1) is 36.2. The summed E-state index contributed by atoms with van der Waals surface area (Å²) in [6.07, 6.45) is 66.4. The molecular formula is C62H103O11P. The number of hydrogen-bond acceptors (Lipinski definition) is 10. The van der Waals surface area contributed by atoms with Crippen LogP contribution < -0.4 is 0 Å². The van der Waals surface area contributed by atoms with Gasteiger partial charge in [-0.15, -0.1) is 0 Å². The normalized spacial score (nSPS) is 14.2. The fraction of sp³-hybridized carbons (Fsp3) is 0.661. The minimum Gasteiger partial charge on any atom is -0.462 e. The largest absolute Gasteiger partial charge is 0.472 e. The van der Waals surface area contributed by atoms with E-state index in [1.54, 1.807) is 0 Å².